The maximum Gasteiger partial charge on any atom is 0.0348 e. The Bertz CT molecular complexity index is 346. The summed E-state index contributed by atoms with van der Waals surface area (Å²) in [5.74, 6) is 2.13. The number of hydrogen-bond acceptors (Lipinski definition) is 2. The minimum atomic E-state index is 0.575. The number of benzene rings is 1. The third kappa shape index (κ3) is 5.14. The second kappa shape index (κ2) is 9.46. The van der Waals surface area contributed by atoms with Gasteiger partial charge in [-0.2, -0.15) is 11.8 Å². The van der Waals surface area contributed by atoms with Crippen molar-refractivity contribution in [3.8, 4) is 0 Å². The van der Waals surface area contributed by atoms with Crippen LogP contribution in [0.4, 0.5) is 0 Å². The van der Waals surface area contributed by atoms with E-state index >= 15 is 0 Å². The summed E-state index contributed by atoms with van der Waals surface area (Å²) in [7, 11) is 0. The van der Waals surface area contributed by atoms with Crippen molar-refractivity contribution in [2.24, 2.45) is 5.92 Å². The summed E-state index contributed by atoms with van der Waals surface area (Å²) >= 11 is 1.96. The molecule has 1 unspecified atom stereocenters. The molecule has 1 aliphatic rings. The topological polar surface area (TPSA) is 12.0 Å². The Kier molecular flexibility index (Phi) is 7.53. The largest absolute Gasteiger partial charge is 0.310 e. The van der Waals surface area contributed by atoms with Crippen molar-refractivity contribution in [2.45, 2.75) is 51.0 Å². The Balaban J connectivity index is 1.90. The molecular formula is C18H29NS. The third-order valence-electron chi connectivity index (χ3n) is 4.42. The highest BCUT2D eigenvalue weighted by atomic mass is 32.2. The minimum absolute atomic E-state index is 0.575. The van der Waals surface area contributed by atoms with Gasteiger partial charge in [-0.15, -0.1) is 0 Å². The summed E-state index contributed by atoms with van der Waals surface area (Å²) in [5, 5.41) is 3.86. The first-order valence-corrected chi connectivity index (χ1v) is 9.58. The molecule has 2 heteroatoms. The molecule has 0 aliphatic heterocycles. The minimum Gasteiger partial charge on any atom is -0.310 e. The Morgan fingerprint density at radius 1 is 1.10 bits per heavy atom. The van der Waals surface area contributed by atoms with Gasteiger partial charge in [0.25, 0.3) is 0 Å². The van der Waals surface area contributed by atoms with Crippen molar-refractivity contribution < 1.29 is 0 Å². The molecule has 1 aliphatic carbocycles. The molecule has 1 fully saturated rings. The molecule has 0 radical (unpaired) electrons. The fourth-order valence-corrected chi connectivity index (χ4v) is 3.81. The molecule has 0 bridgehead atoms. The molecule has 0 aromatic heterocycles. The van der Waals surface area contributed by atoms with Gasteiger partial charge in [0.1, 0.15) is 0 Å². The van der Waals surface area contributed by atoms with E-state index in [1.165, 1.54) is 56.3 Å². The molecule has 1 aromatic rings. The fourth-order valence-electron chi connectivity index (χ4n) is 3.31. The van der Waals surface area contributed by atoms with Gasteiger partial charge in [0.15, 0.2) is 0 Å². The predicted octanol–water partition coefficient (Wildman–Crippen LogP) is 5.04. The summed E-state index contributed by atoms with van der Waals surface area (Å²) in [6.45, 7) is 1.16. The van der Waals surface area contributed by atoms with Gasteiger partial charge in [-0.3, -0.25) is 0 Å². The van der Waals surface area contributed by atoms with Crippen molar-refractivity contribution in [1.82, 2.24) is 5.32 Å². The highest BCUT2D eigenvalue weighted by Gasteiger charge is 2.24. The zero-order valence-electron chi connectivity index (χ0n) is 12.8. The van der Waals surface area contributed by atoms with Crippen LogP contribution in [0.5, 0.6) is 0 Å². The lowest BCUT2D eigenvalue weighted by Crippen LogP contribution is -2.30. The van der Waals surface area contributed by atoms with Crippen LogP contribution in [0, 0.1) is 5.92 Å². The van der Waals surface area contributed by atoms with Crippen LogP contribution in [0.1, 0.15) is 56.6 Å². The van der Waals surface area contributed by atoms with E-state index < -0.39 is 0 Å². The average Bonchev–Trinajstić information content (AvgIpc) is 2.53. The Hall–Kier alpha value is -0.470. The summed E-state index contributed by atoms with van der Waals surface area (Å²) in [6, 6.07) is 11.7. The molecule has 0 amide bonds. The smallest absolute Gasteiger partial charge is 0.0348 e. The molecule has 1 aromatic carbocycles. The second-order valence-corrected chi connectivity index (χ2v) is 6.93. The van der Waals surface area contributed by atoms with E-state index in [0.717, 1.165) is 12.5 Å². The number of thioether (sulfide) groups is 1. The van der Waals surface area contributed by atoms with Gasteiger partial charge in [0, 0.05) is 6.04 Å². The highest BCUT2D eigenvalue weighted by molar-refractivity contribution is 7.98. The van der Waals surface area contributed by atoms with Crippen LogP contribution in [0.3, 0.4) is 0 Å². The Morgan fingerprint density at radius 2 is 1.85 bits per heavy atom. The number of hydrogen-bond donors (Lipinski definition) is 1. The van der Waals surface area contributed by atoms with Crippen LogP contribution in [0.2, 0.25) is 0 Å². The average molecular weight is 292 g/mol. The van der Waals surface area contributed by atoms with Crippen LogP contribution >= 0.6 is 11.8 Å². The molecule has 1 N–H and O–H groups in total. The first-order chi connectivity index (χ1) is 9.92. The zero-order chi connectivity index (χ0) is 14.0. The summed E-state index contributed by atoms with van der Waals surface area (Å²) in [5.41, 5.74) is 1.49. The SMILES string of the molecule is CSCCCCNC(c1ccccc1)C1CCCCC1. The van der Waals surface area contributed by atoms with E-state index in [0.29, 0.717) is 6.04 Å². The van der Waals surface area contributed by atoms with Gasteiger partial charge in [0.2, 0.25) is 0 Å². The van der Waals surface area contributed by atoms with Crippen molar-refractivity contribution >= 4 is 11.8 Å². The highest BCUT2D eigenvalue weighted by Crippen LogP contribution is 2.34. The van der Waals surface area contributed by atoms with Gasteiger partial charge in [-0.1, -0.05) is 49.6 Å². The predicted molar refractivity (Wildman–Crippen MR) is 91.4 cm³/mol. The standard InChI is InChI=1S/C18H29NS/c1-20-15-9-8-14-19-18(16-10-4-2-5-11-16)17-12-6-3-7-13-17/h2,4-5,10-11,17-19H,3,6-9,12-15H2,1H3. The van der Waals surface area contributed by atoms with Gasteiger partial charge in [-0.05, 0) is 55.7 Å². The quantitative estimate of drug-likeness (QED) is 0.673. The number of unbranched alkanes of at least 4 members (excludes halogenated alkanes) is 1. The van der Waals surface area contributed by atoms with Crippen LogP contribution in [-0.2, 0) is 0 Å². The van der Waals surface area contributed by atoms with Crippen molar-refractivity contribution in [1.29, 1.82) is 0 Å². The molecule has 0 saturated heterocycles. The lowest BCUT2D eigenvalue weighted by molar-refractivity contribution is 0.271. The van der Waals surface area contributed by atoms with Crippen LogP contribution in [-0.4, -0.2) is 18.6 Å². The van der Waals surface area contributed by atoms with Gasteiger partial charge in [-0.25, -0.2) is 0 Å². The normalized spacial score (nSPS) is 18.1. The molecule has 0 heterocycles. The molecule has 1 atom stereocenters. The lowest BCUT2D eigenvalue weighted by atomic mass is 9.81. The number of rotatable bonds is 8. The van der Waals surface area contributed by atoms with Crippen molar-refractivity contribution in [2.75, 3.05) is 18.6 Å². The summed E-state index contributed by atoms with van der Waals surface area (Å²) in [6.07, 6.45) is 11.9. The van der Waals surface area contributed by atoms with E-state index in [1.807, 2.05) is 11.8 Å². The second-order valence-electron chi connectivity index (χ2n) is 5.94. The maximum atomic E-state index is 3.86. The van der Waals surface area contributed by atoms with E-state index in [4.69, 9.17) is 0 Å². The monoisotopic (exact) mass is 291 g/mol. The summed E-state index contributed by atoms with van der Waals surface area (Å²) in [4.78, 5) is 0. The molecule has 112 valence electrons. The molecule has 20 heavy (non-hydrogen) atoms. The Morgan fingerprint density at radius 3 is 2.55 bits per heavy atom. The van der Waals surface area contributed by atoms with E-state index in [1.54, 1.807) is 0 Å². The molecule has 1 nitrogen and oxygen atoms in total. The third-order valence-corrected chi connectivity index (χ3v) is 5.12. The molecular weight excluding hydrogens is 262 g/mol. The van der Waals surface area contributed by atoms with Gasteiger partial charge < -0.3 is 5.32 Å². The number of nitrogens with one attached hydrogen (secondary N) is 1. The van der Waals surface area contributed by atoms with Crippen molar-refractivity contribution in [3.63, 3.8) is 0 Å². The van der Waals surface area contributed by atoms with E-state index in [9.17, 15) is 0 Å². The molecule has 0 spiro atoms. The van der Waals surface area contributed by atoms with Gasteiger partial charge in [0.05, 0.1) is 0 Å². The van der Waals surface area contributed by atoms with Crippen molar-refractivity contribution in [3.05, 3.63) is 35.9 Å². The van der Waals surface area contributed by atoms with E-state index in [2.05, 4.69) is 41.9 Å². The first-order valence-electron chi connectivity index (χ1n) is 8.19. The maximum absolute atomic E-state index is 3.86. The molecule has 2 rings (SSSR count). The first kappa shape index (κ1) is 15.9. The Labute approximate surface area is 128 Å². The van der Waals surface area contributed by atoms with Crippen LogP contribution in [0.15, 0.2) is 30.3 Å². The van der Waals surface area contributed by atoms with E-state index in [-0.39, 0.29) is 0 Å². The zero-order valence-corrected chi connectivity index (χ0v) is 13.6. The molecule has 1 saturated carbocycles. The van der Waals surface area contributed by atoms with Crippen LogP contribution in [0.25, 0.3) is 0 Å². The lowest BCUT2D eigenvalue weighted by Gasteiger charge is -2.31. The summed E-state index contributed by atoms with van der Waals surface area (Å²) < 4.78 is 0. The van der Waals surface area contributed by atoms with Gasteiger partial charge >= 0.3 is 0 Å². The van der Waals surface area contributed by atoms with Crippen LogP contribution < -0.4 is 5.32 Å². The fraction of sp³-hybridized carbons (Fsp3) is 0.667.